The number of hydrogen-bond donors (Lipinski definition) is 1. The maximum atomic E-state index is 12.8. The van der Waals surface area contributed by atoms with E-state index in [0.29, 0.717) is 27.8 Å². The van der Waals surface area contributed by atoms with Crippen molar-refractivity contribution < 1.29 is 9.53 Å². The predicted molar refractivity (Wildman–Crippen MR) is 105 cm³/mol. The van der Waals surface area contributed by atoms with Gasteiger partial charge in [0.05, 0.1) is 18.4 Å². The molecule has 3 nitrogen and oxygen atoms in total. The summed E-state index contributed by atoms with van der Waals surface area (Å²) in [6, 6.07) is 5.22. The van der Waals surface area contributed by atoms with Crippen LogP contribution in [0.25, 0.3) is 0 Å². The molecule has 0 spiro atoms. The Morgan fingerprint density at radius 2 is 2.12 bits per heavy atom. The highest BCUT2D eigenvalue weighted by molar-refractivity contribution is 7.10. The number of thiophene rings is 1. The minimum Gasteiger partial charge on any atom is -0.495 e. The Bertz CT molecular complexity index is 791. The lowest BCUT2D eigenvalue weighted by atomic mass is 9.72. The van der Waals surface area contributed by atoms with Gasteiger partial charge in [0, 0.05) is 15.3 Å². The zero-order valence-corrected chi connectivity index (χ0v) is 16.7. The summed E-state index contributed by atoms with van der Waals surface area (Å²) in [7, 11) is 1.58. The van der Waals surface area contributed by atoms with Crippen molar-refractivity contribution >= 4 is 34.5 Å². The number of methoxy groups -OCH3 is 1. The number of carbonyl (C=O) groups is 1. The Balaban J connectivity index is 1.82. The molecule has 1 aliphatic rings. The summed E-state index contributed by atoms with van der Waals surface area (Å²) in [5.41, 5.74) is 2.90. The Labute approximate surface area is 158 Å². The summed E-state index contributed by atoms with van der Waals surface area (Å²) >= 11 is 7.76. The van der Waals surface area contributed by atoms with Crippen LogP contribution in [0, 0.1) is 11.3 Å². The fourth-order valence-electron chi connectivity index (χ4n) is 3.41. The van der Waals surface area contributed by atoms with Gasteiger partial charge in [0.1, 0.15) is 5.75 Å². The van der Waals surface area contributed by atoms with Gasteiger partial charge in [-0.1, -0.05) is 32.4 Å². The molecule has 5 heteroatoms. The monoisotopic (exact) mass is 377 g/mol. The third kappa shape index (κ3) is 3.85. The molecular formula is C20H24ClNO2S. The van der Waals surface area contributed by atoms with Crippen LogP contribution < -0.4 is 10.1 Å². The fraction of sp³-hybridized carbons (Fsp3) is 0.450. The Kier molecular flexibility index (Phi) is 5.12. The number of hydrogen-bond acceptors (Lipinski definition) is 3. The fourth-order valence-corrected chi connectivity index (χ4v) is 4.74. The van der Waals surface area contributed by atoms with Crippen molar-refractivity contribution in [2.45, 2.75) is 40.0 Å². The van der Waals surface area contributed by atoms with E-state index in [1.54, 1.807) is 36.6 Å². The molecule has 1 aromatic heterocycles. The van der Waals surface area contributed by atoms with E-state index in [9.17, 15) is 4.79 Å². The topological polar surface area (TPSA) is 38.3 Å². The highest BCUT2D eigenvalue weighted by atomic mass is 35.5. The van der Waals surface area contributed by atoms with Crippen molar-refractivity contribution in [1.82, 2.24) is 0 Å². The molecule has 0 fully saturated rings. The summed E-state index contributed by atoms with van der Waals surface area (Å²) in [4.78, 5) is 14.2. The van der Waals surface area contributed by atoms with Crippen molar-refractivity contribution in [3.05, 3.63) is 44.6 Å². The van der Waals surface area contributed by atoms with E-state index < -0.39 is 0 Å². The van der Waals surface area contributed by atoms with Gasteiger partial charge >= 0.3 is 0 Å². The van der Waals surface area contributed by atoms with Crippen LogP contribution in [-0.4, -0.2) is 13.0 Å². The normalized spacial score (nSPS) is 17.1. The van der Waals surface area contributed by atoms with E-state index in [1.165, 1.54) is 10.4 Å². The van der Waals surface area contributed by atoms with Crippen molar-refractivity contribution in [3.8, 4) is 5.75 Å². The number of anilines is 1. The van der Waals surface area contributed by atoms with Crippen molar-refractivity contribution in [3.63, 3.8) is 0 Å². The van der Waals surface area contributed by atoms with Crippen molar-refractivity contribution in [1.29, 1.82) is 0 Å². The third-order valence-electron chi connectivity index (χ3n) is 5.03. The molecule has 3 rings (SSSR count). The zero-order valence-electron chi connectivity index (χ0n) is 15.1. The molecule has 1 aromatic carbocycles. The molecule has 1 N–H and O–H groups in total. The average molecular weight is 378 g/mol. The summed E-state index contributed by atoms with van der Waals surface area (Å²) in [6.45, 7) is 6.90. The Morgan fingerprint density at radius 3 is 2.80 bits per heavy atom. The van der Waals surface area contributed by atoms with Crippen molar-refractivity contribution in [2.24, 2.45) is 11.3 Å². The van der Waals surface area contributed by atoms with Gasteiger partial charge in [-0.3, -0.25) is 4.79 Å². The minimum atomic E-state index is -0.0905. The van der Waals surface area contributed by atoms with Crippen LogP contribution in [0.5, 0.6) is 5.75 Å². The molecule has 1 amide bonds. The first kappa shape index (κ1) is 18.3. The highest BCUT2D eigenvalue weighted by Gasteiger charge is 2.31. The molecule has 1 aliphatic carbocycles. The summed E-state index contributed by atoms with van der Waals surface area (Å²) in [5, 5.41) is 5.51. The van der Waals surface area contributed by atoms with E-state index in [-0.39, 0.29) is 5.91 Å². The third-order valence-corrected chi connectivity index (χ3v) is 6.32. The second kappa shape index (κ2) is 7.00. The van der Waals surface area contributed by atoms with Gasteiger partial charge < -0.3 is 10.1 Å². The quantitative estimate of drug-likeness (QED) is 0.732. The highest BCUT2D eigenvalue weighted by Crippen LogP contribution is 2.41. The standard InChI is InChI=1S/C20H24ClNO2S/c1-20(2,3)12-5-7-14-15(11-25-18(14)9-12)19(23)22-16-10-13(21)6-8-17(16)24-4/h6,8,10-12H,5,7,9H2,1-4H3,(H,22,23). The van der Waals surface area contributed by atoms with E-state index in [0.717, 1.165) is 24.8 Å². The summed E-state index contributed by atoms with van der Waals surface area (Å²) in [6.07, 6.45) is 3.17. The molecule has 0 bridgehead atoms. The number of rotatable bonds is 3. The maximum Gasteiger partial charge on any atom is 0.256 e. The van der Waals surface area contributed by atoms with Gasteiger partial charge in [-0.2, -0.15) is 0 Å². The van der Waals surface area contributed by atoms with E-state index in [2.05, 4.69) is 26.1 Å². The van der Waals surface area contributed by atoms with E-state index in [1.807, 2.05) is 5.38 Å². The SMILES string of the molecule is COc1ccc(Cl)cc1NC(=O)c1csc2c1CCC(C(C)(C)C)C2. The van der Waals surface area contributed by atoms with Crippen molar-refractivity contribution in [2.75, 3.05) is 12.4 Å². The van der Waals surface area contributed by atoms with Crippen LogP contribution in [0.15, 0.2) is 23.6 Å². The molecule has 0 saturated heterocycles. The Hall–Kier alpha value is -1.52. The molecule has 0 saturated carbocycles. The second-order valence-electron chi connectivity index (χ2n) is 7.66. The first-order chi connectivity index (χ1) is 11.8. The zero-order chi connectivity index (χ0) is 18.2. The number of halogens is 1. The Morgan fingerprint density at radius 1 is 1.36 bits per heavy atom. The number of nitrogens with one attached hydrogen (secondary N) is 1. The molecule has 1 unspecified atom stereocenters. The first-order valence-corrected chi connectivity index (χ1v) is 9.79. The second-order valence-corrected chi connectivity index (χ2v) is 9.06. The van der Waals surface area contributed by atoms with E-state index >= 15 is 0 Å². The van der Waals surface area contributed by atoms with Gasteiger partial charge in [-0.15, -0.1) is 11.3 Å². The molecule has 2 aromatic rings. The largest absolute Gasteiger partial charge is 0.495 e. The van der Waals surface area contributed by atoms with Gasteiger partial charge in [0.2, 0.25) is 0 Å². The number of benzene rings is 1. The van der Waals surface area contributed by atoms with Crippen LogP contribution >= 0.6 is 22.9 Å². The first-order valence-electron chi connectivity index (χ1n) is 8.53. The lowest BCUT2D eigenvalue weighted by Gasteiger charge is -2.34. The van der Waals surface area contributed by atoms with Crippen LogP contribution in [0.3, 0.4) is 0 Å². The molecule has 0 aliphatic heterocycles. The number of amides is 1. The summed E-state index contributed by atoms with van der Waals surface area (Å²) in [5.74, 6) is 1.18. The summed E-state index contributed by atoms with van der Waals surface area (Å²) < 4.78 is 5.31. The van der Waals surface area contributed by atoms with E-state index in [4.69, 9.17) is 16.3 Å². The number of ether oxygens (including phenoxy) is 1. The lowest BCUT2D eigenvalue weighted by molar-refractivity contribution is 0.102. The van der Waals surface area contributed by atoms with Gasteiger partial charge in [-0.05, 0) is 54.4 Å². The minimum absolute atomic E-state index is 0.0905. The van der Waals surface area contributed by atoms with Crippen LogP contribution in [0.4, 0.5) is 5.69 Å². The van der Waals surface area contributed by atoms with Crippen LogP contribution in [0.2, 0.25) is 5.02 Å². The molecule has 25 heavy (non-hydrogen) atoms. The van der Waals surface area contributed by atoms with Gasteiger partial charge in [-0.25, -0.2) is 0 Å². The average Bonchev–Trinajstić information content (AvgIpc) is 2.97. The molecule has 1 heterocycles. The molecule has 0 radical (unpaired) electrons. The van der Waals surface area contributed by atoms with Gasteiger partial charge in [0.25, 0.3) is 5.91 Å². The predicted octanol–water partition coefficient (Wildman–Crippen LogP) is 5.81. The number of fused-ring (bicyclic) bond motifs is 1. The van der Waals surface area contributed by atoms with Crippen LogP contribution in [0.1, 0.15) is 48.0 Å². The van der Waals surface area contributed by atoms with Crippen LogP contribution in [-0.2, 0) is 12.8 Å². The number of carbonyl (C=O) groups excluding carboxylic acids is 1. The molecular weight excluding hydrogens is 354 g/mol. The molecule has 134 valence electrons. The lowest BCUT2D eigenvalue weighted by Crippen LogP contribution is -2.27. The maximum absolute atomic E-state index is 12.8. The smallest absolute Gasteiger partial charge is 0.256 e. The molecule has 1 atom stereocenters. The van der Waals surface area contributed by atoms with Gasteiger partial charge in [0.15, 0.2) is 0 Å².